The number of hydrogen-bond acceptors (Lipinski definition) is 3. The Morgan fingerprint density at radius 1 is 0.944 bits per heavy atom. The zero-order chi connectivity index (χ0) is 25.2. The van der Waals surface area contributed by atoms with Crippen LogP contribution in [0.4, 0.5) is 0 Å². The Labute approximate surface area is 219 Å². The molecule has 5 nitrogen and oxygen atoms in total. The number of nitrogens with zero attached hydrogens (tertiary/aromatic N) is 1. The number of aromatic nitrogens is 2. The number of amides is 1. The number of carbonyl (C=O) groups is 1. The lowest BCUT2D eigenvalue weighted by Gasteiger charge is -2.14. The largest absolute Gasteiger partial charge is 0.360 e. The third-order valence-electron chi connectivity index (χ3n) is 6.77. The van der Waals surface area contributed by atoms with Crippen LogP contribution in [0.25, 0.3) is 33.1 Å². The van der Waals surface area contributed by atoms with Crippen molar-refractivity contribution < 1.29 is 4.79 Å². The SMILES string of the molecule is CCc1cc2nc(-c3c[nH]c4ccc(Br)cc34)cc(C(=O)NCc3ccc(CN)cc3)c2cc1CC. The van der Waals surface area contributed by atoms with Gasteiger partial charge in [0, 0.05) is 45.6 Å². The molecule has 6 heteroatoms. The van der Waals surface area contributed by atoms with Crippen molar-refractivity contribution in [2.45, 2.75) is 39.8 Å². The van der Waals surface area contributed by atoms with Crippen LogP contribution in [0, 0.1) is 0 Å². The molecule has 1 amide bonds. The standard InChI is InChI=1S/C30H29BrN4O/c1-3-20-11-23-25(30(36)34-16-19-7-5-18(15-32)6-8-19)14-29(35-28(23)12-21(20)4-2)26-17-33-27-10-9-22(31)13-24(26)27/h5-14,17,33H,3-4,15-16,32H2,1-2H3,(H,34,36). The van der Waals surface area contributed by atoms with Crippen molar-refractivity contribution in [3.63, 3.8) is 0 Å². The fourth-order valence-corrected chi connectivity index (χ4v) is 5.08. The lowest BCUT2D eigenvalue weighted by Crippen LogP contribution is -2.23. The number of rotatable bonds is 7. The second-order valence-electron chi connectivity index (χ2n) is 9.00. The molecule has 36 heavy (non-hydrogen) atoms. The second-order valence-corrected chi connectivity index (χ2v) is 9.91. The number of aryl methyl sites for hydroxylation is 2. The Morgan fingerprint density at radius 3 is 2.39 bits per heavy atom. The fourth-order valence-electron chi connectivity index (χ4n) is 4.72. The van der Waals surface area contributed by atoms with E-state index in [1.54, 1.807) is 0 Å². The number of halogens is 1. The minimum absolute atomic E-state index is 0.112. The molecule has 0 aliphatic carbocycles. The first-order valence-corrected chi connectivity index (χ1v) is 13.1. The van der Waals surface area contributed by atoms with Crippen molar-refractivity contribution in [2.75, 3.05) is 0 Å². The van der Waals surface area contributed by atoms with Gasteiger partial charge in [-0.1, -0.05) is 54.0 Å². The Balaban J connectivity index is 1.61. The summed E-state index contributed by atoms with van der Waals surface area (Å²) in [5.41, 5.74) is 14.6. The summed E-state index contributed by atoms with van der Waals surface area (Å²) in [6.07, 6.45) is 3.80. The van der Waals surface area contributed by atoms with Crippen molar-refractivity contribution in [3.8, 4) is 11.3 Å². The van der Waals surface area contributed by atoms with Gasteiger partial charge in [0.05, 0.1) is 16.8 Å². The maximum atomic E-state index is 13.6. The zero-order valence-electron chi connectivity index (χ0n) is 20.5. The molecule has 182 valence electrons. The van der Waals surface area contributed by atoms with E-state index in [9.17, 15) is 4.79 Å². The van der Waals surface area contributed by atoms with Crippen molar-refractivity contribution in [2.24, 2.45) is 5.73 Å². The third kappa shape index (κ3) is 4.66. The summed E-state index contributed by atoms with van der Waals surface area (Å²) in [6.45, 7) is 5.25. The van der Waals surface area contributed by atoms with Crippen LogP contribution in [0.1, 0.15) is 46.5 Å². The summed E-state index contributed by atoms with van der Waals surface area (Å²) in [7, 11) is 0. The monoisotopic (exact) mass is 540 g/mol. The molecule has 4 N–H and O–H groups in total. The topological polar surface area (TPSA) is 83.8 Å². The minimum atomic E-state index is -0.112. The van der Waals surface area contributed by atoms with Crippen LogP contribution in [0.5, 0.6) is 0 Å². The van der Waals surface area contributed by atoms with Crippen molar-refractivity contribution >= 4 is 43.6 Å². The molecule has 0 saturated carbocycles. The number of hydrogen-bond donors (Lipinski definition) is 3. The van der Waals surface area contributed by atoms with Crippen LogP contribution in [0.2, 0.25) is 0 Å². The van der Waals surface area contributed by atoms with E-state index >= 15 is 0 Å². The molecular weight excluding hydrogens is 512 g/mol. The van der Waals surface area contributed by atoms with Crippen LogP contribution in [0.3, 0.4) is 0 Å². The Hall–Kier alpha value is -3.48. The van der Waals surface area contributed by atoms with Gasteiger partial charge in [-0.05, 0) is 71.5 Å². The summed E-state index contributed by atoms with van der Waals surface area (Å²) >= 11 is 3.58. The van der Waals surface area contributed by atoms with Gasteiger partial charge in [-0.25, -0.2) is 4.98 Å². The Morgan fingerprint density at radius 2 is 1.67 bits per heavy atom. The molecule has 2 aromatic heterocycles. The lowest BCUT2D eigenvalue weighted by atomic mass is 9.96. The predicted molar refractivity (Wildman–Crippen MR) is 151 cm³/mol. The lowest BCUT2D eigenvalue weighted by molar-refractivity contribution is 0.0952. The fraction of sp³-hybridized carbons (Fsp3) is 0.200. The zero-order valence-corrected chi connectivity index (χ0v) is 22.1. The van der Waals surface area contributed by atoms with Crippen molar-refractivity contribution in [1.29, 1.82) is 0 Å². The van der Waals surface area contributed by atoms with Gasteiger partial charge in [-0.2, -0.15) is 0 Å². The van der Waals surface area contributed by atoms with Crippen LogP contribution in [-0.2, 0) is 25.9 Å². The highest BCUT2D eigenvalue weighted by Crippen LogP contribution is 2.33. The van der Waals surface area contributed by atoms with E-state index in [1.807, 2.05) is 48.7 Å². The number of pyridine rings is 1. The average molecular weight is 541 g/mol. The number of aromatic amines is 1. The highest BCUT2D eigenvalue weighted by atomic mass is 79.9. The average Bonchev–Trinajstić information content (AvgIpc) is 3.33. The summed E-state index contributed by atoms with van der Waals surface area (Å²) in [4.78, 5) is 21.9. The van der Waals surface area contributed by atoms with Gasteiger partial charge in [-0.3, -0.25) is 4.79 Å². The summed E-state index contributed by atoms with van der Waals surface area (Å²) in [6, 6.07) is 20.3. The number of nitrogens with two attached hydrogens (primary N) is 1. The van der Waals surface area contributed by atoms with Crippen molar-refractivity contribution in [1.82, 2.24) is 15.3 Å². The van der Waals surface area contributed by atoms with E-state index < -0.39 is 0 Å². The van der Waals surface area contributed by atoms with Gasteiger partial charge in [0.1, 0.15) is 0 Å². The van der Waals surface area contributed by atoms with Crippen LogP contribution < -0.4 is 11.1 Å². The first-order chi connectivity index (χ1) is 17.5. The maximum absolute atomic E-state index is 13.6. The van der Waals surface area contributed by atoms with E-state index in [0.29, 0.717) is 18.7 Å². The molecule has 0 spiro atoms. The van der Waals surface area contributed by atoms with E-state index in [1.165, 1.54) is 11.1 Å². The summed E-state index contributed by atoms with van der Waals surface area (Å²) in [5.74, 6) is -0.112. The smallest absolute Gasteiger partial charge is 0.252 e. The van der Waals surface area contributed by atoms with Gasteiger partial charge in [0.15, 0.2) is 0 Å². The highest BCUT2D eigenvalue weighted by molar-refractivity contribution is 9.10. The first-order valence-electron chi connectivity index (χ1n) is 12.3. The molecule has 0 fully saturated rings. The number of H-pyrrole nitrogens is 1. The van der Waals surface area contributed by atoms with E-state index in [2.05, 4.69) is 58.3 Å². The maximum Gasteiger partial charge on any atom is 0.252 e. The van der Waals surface area contributed by atoms with Gasteiger partial charge in [0.2, 0.25) is 0 Å². The van der Waals surface area contributed by atoms with Gasteiger partial charge >= 0.3 is 0 Å². The minimum Gasteiger partial charge on any atom is -0.360 e. The van der Waals surface area contributed by atoms with Gasteiger partial charge < -0.3 is 16.0 Å². The number of nitrogens with one attached hydrogen (secondary N) is 2. The molecule has 0 radical (unpaired) electrons. The molecular formula is C30H29BrN4O. The van der Waals surface area contributed by atoms with E-state index in [4.69, 9.17) is 10.7 Å². The molecule has 3 aromatic carbocycles. The number of carbonyl (C=O) groups excluding carboxylic acids is 1. The van der Waals surface area contributed by atoms with Gasteiger partial charge in [0.25, 0.3) is 5.91 Å². The molecule has 0 aliphatic heterocycles. The molecule has 5 rings (SSSR count). The summed E-state index contributed by atoms with van der Waals surface area (Å²) in [5, 5.41) is 5.05. The number of benzene rings is 3. The quantitative estimate of drug-likeness (QED) is 0.216. The van der Waals surface area contributed by atoms with Crippen LogP contribution in [-0.4, -0.2) is 15.9 Å². The molecule has 2 heterocycles. The van der Waals surface area contributed by atoms with E-state index in [-0.39, 0.29) is 5.91 Å². The van der Waals surface area contributed by atoms with Gasteiger partial charge in [-0.15, -0.1) is 0 Å². The highest BCUT2D eigenvalue weighted by Gasteiger charge is 2.18. The molecule has 0 aliphatic rings. The summed E-state index contributed by atoms with van der Waals surface area (Å²) < 4.78 is 0.996. The predicted octanol–water partition coefficient (Wildman–Crippen LogP) is 6.66. The molecule has 5 aromatic rings. The van der Waals surface area contributed by atoms with Crippen LogP contribution >= 0.6 is 15.9 Å². The molecule has 0 bridgehead atoms. The van der Waals surface area contributed by atoms with E-state index in [0.717, 1.165) is 61.5 Å². The number of fused-ring (bicyclic) bond motifs is 2. The molecule has 0 saturated heterocycles. The Kier molecular flexibility index (Phi) is 6.90. The molecule has 0 atom stereocenters. The first kappa shape index (κ1) is 24.2. The van der Waals surface area contributed by atoms with Crippen molar-refractivity contribution in [3.05, 3.63) is 99.2 Å². The molecule has 0 unspecified atom stereocenters. The van der Waals surface area contributed by atoms with Crippen LogP contribution in [0.15, 0.2) is 71.3 Å². The third-order valence-corrected chi connectivity index (χ3v) is 7.26. The normalized spacial score (nSPS) is 11.3. The Bertz CT molecular complexity index is 1570. The second kappa shape index (κ2) is 10.2.